The van der Waals surface area contributed by atoms with Crippen LogP contribution in [0.1, 0.15) is 52.9 Å². The fourth-order valence-corrected chi connectivity index (χ4v) is 5.14. The van der Waals surface area contributed by atoms with Gasteiger partial charge in [-0.05, 0) is 64.7 Å². The highest BCUT2D eigenvalue weighted by atomic mass is 35.5. The summed E-state index contributed by atoms with van der Waals surface area (Å²) >= 11 is 6.76. The van der Waals surface area contributed by atoms with E-state index in [1.165, 1.54) is 6.42 Å². The molecule has 0 radical (unpaired) electrons. The largest absolute Gasteiger partial charge is 0.444 e. The van der Waals surface area contributed by atoms with Crippen LogP contribution in [-0.2, 0) is 4.74 Å². The zero-order chi connectivity index (χ0) is 23.8. The summed E-state index contributed by atoms with van der Waals surface area (Å²) in [5.74, 6) is 0.579. The molecule has 1 aliphatic carbocycles. The smallest absolute Gasteiger partial charge is 0.410 e. The molecule has 3 aliphatic rings. The second kappa shape index (κ2) is 8.93. The second-order valence-electron chi connectivity index (χ2n) is 9.91. The van der Waals surface area contributed by atoms with Crippen molar-refractivity contribution >= 4 is 41.0 Å². The molecule has 1 saturated carbocycles. The van der Waals surface area contributed by atoms with E-state index in [9.17, 15) is 4.79 Å². The summed E-state index contributed by atoms with van der Waals surface area (Å²) in [7, 11) is 0. The third-order valence-corrected chi connectivity index (χ3v) is 6.62. The van der Waals surface area contributed by atoms with Crippen molar-refractivity contribution in [3.63, 3.8) is 0 Å². The Morgan fingerprint density at radius 2 is 1.76 bits per heavy atom. The third kappa shape index (κ3) is 4.98. The Bertz CT molecular complexity index is 958. The fourth-order valence-electron chi connectivity index (χ4n) is 4.84. The average Bonchev–Trinajstić information content (AvgIpc) is 2.73. The Labute approximate surface area is 200 Å². The molecule has 4 N–H and O–H groups in total. The molecule has 1 spiro atoms. The van der Waals surface area contributed by atoms with Crippen LogP contribution in [0.2, 0.25) is 5.02 Å². The van der Waals surface area contributed by atoms with Crippen LogP contribution >= 0.6 is 11.6 Å². The highest BCUT2D eigenvalue weighted by molar-refractivity contribution is 6.33. The van der Waals surface area contributed by atoms with E-state index in [1.54, 1.807) is 4.90 Å². The SMILES string of the molecule is CC(C)(C)OC(=O)N1CCN(c2ccc(N3C(N)=NC(N)=NC34CCCCC4)cc2Cl)CC1. The maximum Gasteiger partial charge on any atom is 0.410 e. The lowest BCUT2D eigenvalue weighted by Crippen LogP contribution is -2.58. The number of ether oxygens (including phenoxy) is 1. The molecule has 1 saturated heterocycles. The molecule has 10 heteroatoms. The summed E-state index contributed by atoms with van der Waals surface area (Å²) in [6.07, 6.45) is 4.77. The first-order chi connectivity index (χ1) is 15.6. The highest BCUT2D eigenvalue weighted by Gasteiger charge is 2.42. The number of nitrogens with zero attached hydrogens (tertiary/aromatic N) is 5. The minimum atomic E-state index is -0.503. The van der Waals surface area contributed by atoms with Gasteiger partial charge in [-0.25, -0.2) is 9.79 Å². The lowest BCUT2D eigenvalue weighted by molar-refractivity contribution is 0.0240. The maximum atomic E-state index is 12.4. The molecule has 2 heterocycles. The van der Waals surface area contributed by atoms with Gasteiger partial charge in [-0.1, -0.05) is 18.0 Å². The summed E-state index contributed by atoms with van der Waals surface area (Å²) in [5.41, 5.74) is 13.1. The number of piperazine rings is 1. The Kier molecular flexibility index (Phi) is 6.35. The minimum absolute atomic E-state index is 0.233. The van der Waals surface area contributed by atoms with Gasteiger partial charge in [0.05, 0.1) is 10.7 Å². The van der Waals surface area contributed by atoms with Crippen molar-refractivity contribution in [2.75, 3.05) is 36.0 Å². The number of carbonyl (C=O) groups is 1. The van der Waals surface area contributed by atoms with Gasteiger partial charge in [0.25, 0.3) is 0 Å². The number of anilines is 2. The molecule has 0 bridgehead atoms. The van der Waals surface area contributed by atoms with Gasteiger partial charge < -0.3 is 26.0 Å². The van der Waals surface area contributed by atoms with Crippen LogP contribution in [0.5, 0.6) is 0 Å². The average molecular weight is 476 g/mol. The van der Waals surface area contributed by atoms with Gasteiger partial charge in [0, 0.05) is 31.9 Å². The molecule has 0 aromatic heterocycles. The monoisotopic (exact) mass is 475 g/mol. The number of hydrogen-bond donors (Lipinski definition) is 2. The van der Waals surface area contributed by atoms with Gasteiger partial charge in [0.1, 0.15) is 11.3 Å². The van der Waals surface area contributed by atoms with Crippen LogP contribution in [0.15, 0.2) is 28.2 Å². The van der Waals surface area contributed by atoms with Crippen LogP contribution < -0.4 is 21.3 Å². The molecule has 0 unspecified atom stereocenters. The van der Waals surface area contributed by atoms with Crippen LogP contribution in [0.4, 0.5) is 16.2 Å². The lowest BCUT2D eigenvalue weighted by atomic mass is 9.87. The number of rotatable bonds is 2. The summed E-state index contributed by atoms with van der Waals surface area (Å²) < 4.78 is 5.49. The molecule has 33 heavy (non-hydrogen) atoms. The van der Waals surface area contributed by atoms with E-state index in [1.807, 2.05) is 43.9 Å². The zero-order valence-electron chi connectivity index (χ0n) is 19.7. The number of aliphatic imine (C=N–C) groups is 2. The molecule has 180 valence electrons. The van der Waals surface area contributed by atoms with E-state index in [2.05, 4.69) is 9.89 Å². The number of guanidine groups is 2. The first-order valence-electron chi connectivity index (χ1n) is 11.6. The topological polar surface area (TPSA) is 113 Å². The van der Waals surface area contributed by atoms with Gasteiger partial charge in [-0.2, -0.15) is 4.99 Å². The maximum absolute atomic E-state index is 12.4. The molecular weight excluding hydrogens is 442 g/mol. The van der Waals surface area contributed by atoms with E-state index < -0.39 is 11.3 Å². The molecule has 2 fully saturated rings. The molecule has 4 rings (SSSR count). The van der Waals surface area contributed by atoms with Gasteiger partial charge in [0.15, 0.2) is 0 Å². The summed E-state index contributed by atoms with van der Waals surface area (Å²) in [4.78, 5) is 27.2. The molecular formula is C23H34ClN7O2. The van der Waals surface area contributed by atoms with E-state index in [-0.39, 0.29) is 12.1 Å². The molecule has 2 aliphatic heterocycles. The Morgan fingerprint density at radius 3 is 2.36 bits per heavy atom. The van der Waals surface area contributed by atoms with Crippen molar-refractivity contribution in [2.45, 2.75) is 64.1 Å². The molecule has 1 aromatic rings. The fraction of sp³-hybridized carbons (Fsp3) is 0.609. The number of nitrogens with two attached hydrogens (primary N) is 2. The Balaban J connectivity index is 1.50. The second-order valence-corrected chi connectivity index (χ2v) is 10.3. The Morgan fingerprint density at radius 1 is 1.09 bits per heavy atom. The Hall–Kier alpha value is -2.68. The van der Waals surface area contributed by atoms with Gasteiger partial charge in [-0.15, -0.1) is 0 Å². The van der Waals surface area contributed by atoms with Crippen LogP contribution in [0, 0.1) is 0 Å². The van der Waals surface area contributed by atoms with Crippen molar-refractivity contribution in [1.82, 2.24) is 4.90 Å². The van der Waals surface area contributed by atoms with Crippen molar-refractivity contribution in [3.8, 4) is 0 Å². The van der Waals surface area contributed by atoms with Crippen LogP contribution in [0.3, 0.4) is 0 Å². The van der Waals surface area contributed by atoms with Crippen LogP contribution in [-0.4, -0.2) is 60.4 Å². The highest BCUT2D eigenvalue weighted by Crippen LogP contribution is 2.41. The van der Waals surface area contributed by atoms with Crippen molar-refractivity contribution in [3.05, 3.63) is 23.2 Å². The standard InChI is InChI=1S/C23H34ClN7O2/c1-22(2,3)33-21(32)30-13-11-29(12-14-30)18-8-7-16(15-17(18)24)31-20(26)27-19(25)28-23(31)9-5-4-6-10-23/h7-8,15H,4-6,9-14H2,1-3H3,(H4,25,26,27,28). The normalized spacial score (nSPS) is 21.0. The first kappa shape index (κ1) is 23.5. The van der Waals surface area contributed by atoms with Crippen molar-refractivity contribution in [1.29, 1.82) is 0 Å². The van der Waals surface area contributed by atoms with Crippen molar-refractivity contribution < 1.29 is 9.53 Å². The van der Waals surface area contributed by atoms with Gasteiger partial charge in [0.2, 0.25) is 11.9 Å². The predicted octanol–water partition coefficient (Wildman–Crippen LogP) is 3.51. The summed E-state index contributed by atoms with van der Waals surface area (Å²) in [6.45, 7) is 8.14. The van der Waals surface area contributed by atoms with Crippen molar-refractivity contribution in [2.24, 2.45) is 21.5 Å². The number of benzene rings is 1. The third-order valence-electron chi connectivity index (χ3n) is 6.31. The zero-order valence-corrected chi connectivity index (χ0v) is 20.4. The molecule has 1 amide bonds. The number of hydrogen-bond acceptors (Lipinski definition) is 8. The first-order valence-corrected chi connectivity index (χ1v) is 12.0. The van der Waals surface area contributed by atoms with E-state index in [0.29, 0.717) is 37.2 Å². The lowest BCUT2D eigenvalue weighted by Gasteiger charge is -2.45. The number of amides is 1. The van der Waals surface area contributed by atoms with Crippen LogP contribution in [0.25, 0.3) is 0 Å². The van der Waals surface area contributed by atoms with E-state index in [4.69, 9.17) is 32.8 Å². The van der Waals surface area contributed by atoms with Gasteiger partial charge in [-0.3, -0.25) is 4.90 Å². The minimum Gasteiger partial charge on any atom is -0.444 e. The van der Waals surface area contributed by atoms with Gasteiger partial charge >= 0.3 is 6.09 Å². The van der Waals surface area contributed by atoms with E-state index >= 15 is 0 Å². The predicted molar refractivity (Wildman–Crippen MR) is 133 cm³/mol. The summed E-state index contributed by atoms with van der Waals surface area (Å²) in [6, 6.07) is 5.94. The number of carbonyl (C=O) groups excluding carboxylic acids is 1. The molecule has 9 nitrogen and oxygen atoms in total. The quantitative estimate of drug-likeness (QED) is 0.676. The van der Waals surface area contributed by atoms with E-state index in [0.717, 1.165) is 37.1 Å². The summed E-state index contributed by atoms with van der Waals surface area (Å²) in [5, 5.41) is 0.625. The molecule has 1 aromatic carbocycles. The molecule has 0 atom stereocenters. The number of halogens is 1.